The van der Waals surface area contributed by atoms with Crippen molar-refractivity contribution in [2.75, 3.05) is 21.2 Å². The molecule has 0 aromatic heterocycles. The minimum absolute atomic E-state index is 0.129. The van der Waals surface area contributed by atoms with Gasteiger partial charge in [-0.1, -0.05) is 0 Å². The third-order valence-electron chi connectivity index (χ3n) is 2.50. The lowest BCUT2D eigenvalue weighted by molar-refractivity contribution is -0.153. The van der Waals surface area contributed by atoms with Crippen LogP contribution in [0, 0.1) is 5.41 Å². The second-order valence-electron chi connectivity index (χ2n) is 4.09. The van der Waals surface area contributed by atoms with Gasteiger partial charge in [-0.25, -0.2) is 0 Å². The highest BCUT2D eigenvalue weighted by Crippen LogP contribution is 2.22. The summed E-state index contributed by atoms with van der Waals surface area (Å²) >= 11 is 0. The largest absolute Gasteiger partial charge is 0.455 e. The molecule has 3 atom stereocenters. The Balaban J connectivity index is 2.70. The van der Waals surface area contributed by atoms with E-state index in [4.69, 9.17) is 19.6 Å². The van der Waals surface area contributed by atoms with Gasteiger partial charge in [-0.05, 0) is 25.5 Å². The normalized spacial score (nSPS) is 29.6. The van der Waals surface area contributed by atoms with Gasteiger partial charge in [0, 0.05) is 21.2 Å². The SMILES string of the molecule is CO[C@@H]1C=C(C)[C@H](OC(=N)N(C)C)[C@@H](C)O1. The van der Waals surface area contributed by atoms with E-state index in [1.807, 2.05) is 19.9 Å². The molecular weight excluding hydrogens is 208 g/mol. The van der Waals surface area contributed by atoms with E-state index in [9.17, 15) is 0 Å². The Kier molecular flexibility index (Phi) is 4.32. The van der Waals surface area contributed by atoms with E-state index in [0.29, 0.717) is 0 Å². The van der Waals surface area contributed by atoms with E-state index in [2.05, 4.69) is 0 Å². The number of hydrogen-bond acceptors (Lipinski definition) is 4. The Hall–Kier alpha value is -1.07. The number of nitrogens with zero attached hydrogens (tertiary/aromatic N) is 1. The summed E-state index contributed by atoms with van der Waals surface area (Å²) < 4.78 is 16.2. The van der Waals surface area contributed by atoms with Gasteiger partial charge in [-0.2, -0.15) is 0 Å². The summed E-state index contributed by atoms with van der Waals surface area (Å²) in [7, 11) is 5.14. The van der Waals surface area contributed by atoms with Crippen LogP contribution < -0.4 is 0 Å². The van der Waals surface area contributed by atoms with Crippen LogP contribution in [0.2, 0.25) is 0 Å². The van der Waals surface area contributed by atoms with Crippen molar-refractivity contribution in [2.24, 2.45) is 0 Å². The van der Waals surface area contributed by atoms with Crippen molar-refractivity contribution in [1.29, 1.82) is 5.41 Å². The highest BCUT2D eigenvalue weighted by atomic mass is 16.7. The van der Waals surface area contributed by atoms with Crippen LogP contribution >= 0.6 is 0 Å². The van der Waals surface area contributed by atoms with Gasteiger partial charge >= 0.3 is 0 Å². The molecule has 1 rings (SSSR count). The van der Waals surface area contributed by atoms with Crippen LogP contribution in [0.1, 0.15) is 13.8 Å². The number of hydrogen-bond donors (Lipinski definition) is 1. The molecule has 0 fully saturated rings. The fraction of sp³-hybridized carbons (Fsp3) is 0.727. The topological polar surface area (TPSA) is 54.8 Å². The molecule has 1 aliphatic heterocycles. The molecule has 16 heavy (non-hydrogen) atoms. The van der Waals surface area contributed by atoms with Gasteiger partial charge in [-0.15, -0.1) is 0 Å². The Bertz CT molecular complexity index is 289. The monoisotopic (exact) mass is 228 g/mol. The highest BCUT2D eigenvalue weighted by Gasteiger charge is 2.30. The van der Waals surface area contributed by atoms with Gasteiger partial charge in [0.1, 0.15) is 6.10 Å². The summed E-state index contributed by atoms with van der Waals surface area (Å²) in [4.78, 5) is 1.61. The van der Waals surface area contributed by atoms with Crippen molar-refractivity contribution in [3.63, 3.8) is 0 Å². The predicted molar refractivity (Wildman–Crippen MR) is 61.4 cm³/mol. The lowest BCUT2D eigenvalue weighted by Gasteiger charge is -2.33. The Morgan fingerprint density at radius 3 is 2.56 bits per heavy atom. The van der Waals surface area contributed by atoms with E-state index >= 15 is 0 Å². The van der Waals surface area contributed by atoms with E-state index in [0.717, 1.165) is 5.57 Å². The first-order valence-electron chi connectivity index (χ1n) is 5.24. The molecular formula is C11H20N2O3. The van der Waals surface area contributed by atoms with Crippen LogP contribution in [-0.4, -0.2) is 50.6 Å². The molecule has 5 heteroatoms. The predicted octanol–water partition coefficient (Wildman–Crippen LogP) is 1.21. The van der Waals surface area contributed by atoms with E-state index in [1.165, 1.54) is 0 Å². The van der Waals surface area contributed by atoms with Gasteiger partial charge in [0.2, 0.25) is 0 Å². The zero-order valence-electron chi connectivity index (χ0n) is 10.5. The fourth-order valence-corrected chi connectivity index (χ4v) is 1.54. The number of ether oxygens (including phenoxy) is 3. The number of amidine groups is 1. The molecule has 1 heterocycles. The maximum Gasteiger partial charge on any atom is 0.284 e. The number of methoxy groups -OCH3 is 1. The smallest absolute Gasteiger partial charge is 0.284 e. The van der Waals surface area contributed by atoms with Crippen molar-refractivity contribution in [3.05, 3.63) is 11.6 Å². The van der Waals surface area contributed by atoms with Crippen LogP contribution in [0.25, 0.3) is 0 Å². The third kappa shape index (κ3) is 2.96. The number of nitrogens with one attached hydrogen (secondary N) is 1. The fourth-order valence-electron chi connectivity index (χ4n) is 1.54. The molecule has 0 aromatic carbocycles. The Morgan fingerprint density at radius 1 is 1.50 bits per heavy atom. The lowest BCUT2D eigenvalue weighted by atomic mass is 10.0. The minimum atomic E-state index is -0.316. The standard InChI is InChI=1S/C11H20N2O3/c1-7-6-9(14-5)15-8(2)10(7)16-11(12)13(3)4/h6,8-10,12H,1-5H3/t8-,9+,10+/m1/s1. The maximum absolute atomic E-state index is 7.64. The molecule has 0 saturated carbocycles. The quantitative estimate of drug-likeness (QED) is 0.438. The van der Waals surface area contributed by atoms with Gasteiger partial charge in [0.05, 0.1) is 6.10 Å². The second kappa shape index (κ2) is 5.32. The molecule has 1 N–H and O–H groups in total. The van der Waals surface area contributed by atoms with Crippen LogP contribution in [-0.2, 0) is 14.2 Å². The summed E-state index contributed by atoms with van der Waals surface area (Å²) in [6, 6.07) is 0.129. The van der Waals surface area contributed by atoms with E-state index < -0.39 is 0 Å². The molecule has 0 amide bonds. The molecule has 5 nitrogen and oxygen atoms in total. The first-order chi connectivity index (χ1) is 7.45. The summed E-state index contributed by atoms with van der Waals surface area (Å²) in [6.07, 6.45) is 1.20. The summed E-state index contributed by atoms with van der Waals surface area (Å²) in [5.74, 6) is 0. The van der Waals surface area contributed by atoms with Crippen LogP contribution in [0.5, 0.6) is 0 Å². The summed E-state index contributed by atoms with van der Waals surface area (Å²) in [5, 5.41) is 7.64. The Labute approximate surface area is 96.5 Å². The van der Waals surface area contributed by atoms with Crippen molar-refractivity contribution < 1.29 is 14.2 Å². The van der Waals surface area contributed by atoms with Gasteiger partial charge < -0.3 is 19.1 Å². The molecule has 1 aliphatic rings. The zero-order valence-corrected chi connectivity index (χ0v) is 10.5. The average molecular weight is 228 g/mol. The molecule has 0 aliphatic carbocycles. The van der Waals surface area contributed by atoms with Crippen molar-refractivity contribution >= 4 is 6.02 Å². The van der Waals surface area contributed by atoms with Gasteiger partial charge in [-0.3, -0.25) is 5.41 Å². The summed E-state index contributed by atoms with van der Waals surface area (Å²) in [6.45, 7) is 3.87. The van der Waals surface area contributed by atoms with E-state index in [1.54, 1.807) is 26.1 Å². The number of rotatable bonds is 2. The molecule has 0 aromatic rings. The highest BCUT2D eigenvalue weighted by molar-refractivity contribution is 5.70. The molecule has 0 bridgehead atoms. The molecule has 0 radical (unpaired) electrons. The van der Waals surface area contributed by atoms with Crippen LogP contribution in [0.15, 0.2) is 11.6 Å². The molecule has 92 valence electrons. The first kappa shape index (κ1) is 13.0. The lowest BCUT2D eigenvalue weighted by Crippen LogP contribution is -2.41. The Morgan fingerprint density at radius 2 is 2.12 bits per heavy atom. The van der Waals surface area contributed by atoms with Crippen LogP contribution in [0.3, 0.4) is 0 Å². The maximum atomic E-state index is 7.64. The van der Waals surface area contributed by atoms with Crippen LogP contribution in [0.4, 0.5) is 0 Å². The summed E-state index contributed by atoms with van der Waals surface area (Å²) in [5.41, 5.74) is 1.03. The molecule has 0 spiro atoms. The first-order valence-corrected chi connectivity index (χ1v) is 5.24. The van der Waals surface area contributed by atoms with Gasteiger partial charge in [0.25, 0.3) is 6.02 Å². The van der Waals surface area contributed by atoms with Crippen molar-refractivity contribution in [2.45, 2.75) is 32.3 Å². The van der Waals surface area contributed by atoms with Crippen molar-refractivity contribution in [1.82, 2.24) is 4.90 Å². The van der Waals surface area contributed by atoms with E-state index in [-0.39, 0.29) is 24.5 Å². The molecule has 0 unspecified atom stereocenters. The average Bonchev–Trinajstić information content (AvgIpc) is 2.22. The zero-order chi connectivity index (χ0) is 12.3. The third-order valence-corrected chi connectivity index (χ3v) is 2.50. The second-order valence-corrected chi connectivity index (χ2v) is 4.09. The minimum Gasteiger partial charge on any atom is -0.455 e. The molecule has 0 saturated heterocycles. The van der Waals surface area contributed by atoms with Gasteiger partial charge in [0.15, 0.2) is 6.29 Å². The van der Waals surface area contributed by atoms with Crippen molar-refractivity contribution in [3.8, 4) is 0 Å².